The summed E-state index contributed by atoms with van der Waals surface area (Å²) in [7, 11) is 0. The van der Waals surface area contributed by atoms with Crippen LogP contribution in [0.25, 0.3) is 0 Å². The minimum atomic E-state index is -0.572. The minimum absolute atomic E-state index is 0.0593. The van der Waals surface area contributed by atoms with E-state index in [0.717, 1.165) is 0 Å². The van der Waals surface area contributed by atoms with Crippen molar-refractivity contribution < 1.29 is 43.7 Å². The summed E-state index contributed by atoms with van der Waals surface area (Å²) < 4.78 is 26.3. The summed E-state index contributed by atoms with van der Waals surface area (Å²) in [6, 6.07) is 17.5. The Kier molecular flexibility index (Phi) is 12.3. The predicted octanol–water partition coefficient (Wildman–Crippen LogP) is 3.76. The molecule has 2 aliphatic heterocycles. The smallest absolute Gasteiger partial charge is 0.277 e. The number of hydrogen-bond donors (Lipinski definition) is 2. The molecule has 2 atom stereocenters. The fourth-order valence-electron chi connectivity index (χ4n) is 3.69. The molecule has 2 heterocycles. The van der Waals surface area contributed by atoms with Crippen molar-refractivity contribution >= 4 is 23.0 Å². The maximum atomic E-state index is 10.9. The molecule has 0 bridgehead atoms. The van der Waals surface area contributed by atoms with Gasteiger partial charge >= 0.3 is 0 Å². The lowest BCUT2D eigenvalue weighted by Gasteiger charge is -2.26. The molecule has 0 aromatic heterocycles. The number of aliphatic hydroxyl groups is 2. The molecule has 44 heavy (non-hydrogen) atoms. The molecule has 3 aromatic rings. The monoisotopic (exact) mass is 628 g/mol. The second-order valence-corrected chi connectivity index (χ2v) is 9.17. The number of non-ortho nitro benzene ring substituents is 1. The summed E-state index contributed by atoms with van der Waals surface area (Å²) in [5, 5.41) is 56.8. The molecule has 16 heteroatoms. The van der Waals surface area contributed by atoms with Crippen LogP contribution in [0.4, 0.5) is 11.4 Å². The van der Waals surface area contributed by atoms with Crippen molar-refractivity contribution in [2.75, 3.05) is 33.0 Å². The number of fused-ring (bicyclic) bond motifs is 2. The van der Waals surface area contributed by atoms with Crippen molar-refractivity contribution in [3.8, 4) is 40.9 Å². The third-order valence-electron chi connectivity index (χ3n) is 5.74. The van der Waals surface area contributed by atoms with Gasteiger partial charge in [0.2, 0.25) is 0 Å². The fraction of sp³-hybridized carbons (Fsp3) is 0.286. The van der Waals surface area contributed by atoms with Gasteiger partial charge in [-0.1, -0.05) is 11.6 Å². The maximum Gasteiger partial charge on any atom is 0.277 e. The van der Waals surface area contributed by atoms with Gasteiger partial charge in [0.15, 0.2) is 41.8 Å². The molecule has 0 unspecified atom stereocenters. The molecule has 5 rings (SSSR count). The summed E-state index contributed by atoms with van der Waals surface area (Å²) in [6.07, 6.45) is -1.18. The second-order valence-electron chi connectivity index (χ2n) is 8.74. The van der Waals surface area contributed by atoms with Gasteiger partial charge in [0.1, 0.15) is 25.0 Å². The van der Waals surface area contributed by atoms with E-state index in [2.05, 4.69) is 0 Å². The van der Waals surface area contributed by atoms with E-state index >= 15 is 0 Å². The van der Waals surface area contributed by atoms with E-state index in [1.807, 2.05) is 12.1 Å². The highest BCUT2D eigenvalue weighted by molar-refractivity contribution is 6.30. The summed E-state index contributed by atoms with van der Waals surface area (Å²) in [6.45, 7) is 0.0620. The van der Waals surface area contributed by atoms with Crippen molar-refractivity contribution in [3.63, 3.8) is 0 Å². The number of aliphatic hydroxyl groups excluding tert-OH is 2. The second kappa shape index (κ2) is 16.3. The molecule has 0 saturated heterocycles. The summed E-state index contributed by atoms with van der Waals surface area (Å²) in [4.78, 5) is 20.3. The lowest BCUT2D eigenvalue weighted by Crippen LogP contribution is -2.32. The zero-order valence-electron chi connectivity index (χ0n) is 22.8. The van der Waals surface area contributed by atoms with Crippen molar-refractivity contribution in [1.29, 1.82) is 10.5 Å². The highest BCUT2D eigenvalue weighted by Crippen LogP contribution is 2.40. The van der Waals surface area contributed by atoms with E-state index in [1.54, 1.807) is 24.3 Å². The van der Waals surface area contributed by atoms with Crippen LogP contribution in [-0.2, 0) is 6.42 Å². The van der Waals surface area contributed by atoms with Crippen LogP contribution in [0.15, 0.2) is 54.6 Å². The Morgan fingerprint density at radius 2 is 1.50 bits per heavy atom. The molecule has 3 aromatic carbocycles. The average molecular weight is 629 g/mol. The molecular weight excluding hydrogens is 604 g/mol. The zero-order chi connectivity index (χ0) is 32.1. The van der Waals surface area contributed by atoms with Gasteiger partial charge in [0, 0.05) is 17.2 Å². The van der Waals surface area contributed by atoms with Gasteiger partial charge in [-0.3, -0.25) is 20.2 Å². The van der Waals surface area contributed by atoms with Crippen molar-refractivity contribution in [1.82, 2.24) is 0 Å². The molecule has 0 spiro atoms. The molecule has 0 radical (unpaired) electrons. The average Bonchev–Trinajstić information content (AvgIpc) is 3.04. The zero-order valence-corrected chi connectivity index (χ0v) is 23.6. The number of hydrogen-bond acceptors (Lipinski definition) is 13. The van der Waals surface area contributed by atoms with E-state index in [9.17, 15) is 20.2 Å². The Morgan fingerprint density at radius 3 is 2.09 bits per heavy atom. The Hall–Kier alpha value is -5.35. The van der Waals surface area contributed by atoms with Crippen LogP contribution in [0.1, 0.15) is 5.56 Å². The van der Waals surface area contributed by atoms with Gasteiger partial charge in [0.25, 0.3) is 11.4 Å². The number of ether oxygens (including phenoxy) is 5. The van der Waals surface area contributed by atoms with Crippen LogP contribution < -0.4 is 23.7 Å². The largest absolute Gasteiger partial charge is 0.486 e. The number of nitriles is 2. The number of nitro groups is 2. The number of halogens is 1. The first-order chi connectivity index (χ1) is 21.2. The summed E-state index contributed by atoms with van der Waals surface area (Å²) in [5.41, 5.74) is -0.0634. The highest BCUT2D eigenvalue weighted by Gasteiger charge is 2.28. The van der Waals surface area contributed by atoms with Gasteiger partial charge in [-0.05, 0) is 36.4 Å². The molecular formula is C28H25ClN4O11. The highest BCUT2D eigenvalue weighted by atomic mass is 35.5. The summed E-state index contributed by atoms with van der Waals surface area (Å²) >= 11 is 5.63. The van der Waals surface area contributed by atoms with E-state index in [4.69, 9.17) is 56.0 Å². The van der Waals surface area contributed by atoms with E-state index in [-0.39, 0.29) is 62.1 Å². The molecule has 0 amide bonds. The van der Waals surface area contributed by atoms with Crippen LogP contribution in [0.5, 0.6) is 28.7 Å². The predicted molar refractivity (Wildman–Crippen MR) is 152 cm³/mol. The number of nitrogens with zero attached hydrogens (tertiary/aromatic N) is 4. The van der Waals surface area contributed by atoms with Gasteiger partial charge in [-0.2, -0.15) is 10.5 Å². The molecule has 0 fully saturated rings. The molecule has 15 nitrogen and oxygen atoms in total. The molecule has 0 saturated carbocycles. The van der Waals surface area contributed by atoms with Crippen LogP contribution in [0, 0.1) is 42.9 Å². The van der Waals surface area contributed by atoms with E-state index < -0.39 is 22.1 Å². The van der Waals surface area contributed by atoms with E-state index in [1.165, 1.54) is 30.3 Å². The first-order valence-electron chi connectivity index (χ1n) is 12.7. The quantitative estimate of drug-likeness (QED) is 0.281. The third kappa shape index (κ3) is 9.07. The maximum absolute atomic E-state index is 10.9. The van der Waals surface area contributed by atoms with Crippen molar-refractivity contribution in [3.05, 3.63) is 85.4 Å². The van der Waals surface area contributed by atoms with E-state index in [0.29, 0.717) is 28.0 Å². The van der Waals surface area contributed by atoms with Crippen LogP contribution >= 0.6 is 11.6 Å². The van der Waals surface area contributed by atoms with Gasteiger partial charge in [-0.15, -0.1) is 0 Å². The van der Waals surface area contributed by atoms with Crippen molar-refractivity contribution in [2.45, 2.75) is 18.6 Å². The summed E-state index contributed by atoms with van der Waals surface area (Å²) in [5.74, 6) is 1.96. The van der Waals surface area contributed by atoms with Crippen LogP contribution in [0.2, 0.25) is 5.02 Å². The Labute approximate surface area is 255 Å². The number of nitro benzene ring substituents is 2. The van der Waals surface area contributed by atoms with Gasteiger partial charge < -0.3 is 33.9 Å². The van der Waals surface area contributed by atoms with Gasteiger partial charge in [0.05, 0.1) is 47.2 Å². The standard InChI is InChI=1S/C11H10N2O5.C9H9NO5.C8H6ClNO/c12-4-3-8-9(13(15)16)1-2-10-11(8)18-7(5-14)6-17-10;11-4-7-5-14-8-2-1-6(10(12)13)3-9(8)15-7;9-7-1-3-8(4-2-7)11-6-5-10/h1-2,7,14H,3,5-6H2;1-3,7,11H,4-5H2;1-4H,6H2/t2*7-;/m00./s1. The molecule has 0 aliphatic carbocycles. The first kappa shape index (κ1) is 33.2. The fourth-order valence-corrected chi connectivity index (χ4v) is 3.81. The molecule has 230 valence electrons. The third-order valence-corrected chi connectivity index (χ3v) is 5.99. The molecule has 2 aliphatic rings. The SMILES string of the molecule is N#CCOc1ccc(Cl)cc1.N#CCc1c([N+](=O)[O-])ccc2c1O[C@@H](CO)CO2.O=[N+]([O-])c1ccc2c(c1)O[C@@H](CO)CO2. The Morgan fingerprint density at radius 1 is 0.864 bits per heavy atom. The lowest BCUT2D eigenvalue weighted by atomic mass is 10.1. The van der Waals surface area contributed by atoms with Crippen LogP contribution in [0.3, 0.4) is 0 Å². The van der Waals surface area contributed by atoms with Crippen LogP contribution in [-0.4, -0.2) is 65.3 Å². The van der Waals surface area contributed by atoms with Gasteiger partial charge in [-0.25, -0.2) is 0 Å². The Bertz CT molecular complexity index is 1540. The van der Waals surface area contributed by atoms with Crippen molar-refractivity contribution in [2.24, 2.45) is 0 Å². The Balaban J connectivity index is 0.000000186. The minimum Gasteiger partial charge on any atom is -0.486 e. The number of rotatable bonds is 7. The molecule has 2 N–H and O–H groups in total. The normalized spacial score (nSPS) is 15.5. The lowest BCUT2D eigenvalue weighted by molar-refractivity contribution is -0.385. The first-order valence-corrected chi connectivity index (χ1v) is 13.1. The number of benzene rings is 3. The topological polar surface area (TPSA) is 220 Å².